The number of nitrogens with two attached hydrogens (primary N) is 1. The average molecular weight is 373 g/mol. The summed E-state index contributed by atoms with van der Waals surface area (Å²) in [5.74, 6) is 0.218. The maximum atomic E-state index is 12.5. The van der Waals surface area contributed by atoms with E-state index in [0.717, 1.165) is 12.8 Å². The van der Waals surface area contributed by atoms with Crippen molar-refractivity contribution in [3.8, 4) is 0 Å². The summed E-state index contributed by atoms with van der Waals surface area (Å²) in [6.07, 6.45) is 2.16. The van der Waals surface area contributed by atoms with E-state index in [1.807, 2.05) is 6.92 Å². The number of nitrogens with one attached hydrogen (secondary N) is 2. The van der Waals surface area contributed by atoms with Gasteiger partial charge in [0.15, 0.2) is 0 Å². The lowest BCUT2D eigenvalue weighted by Crippen LogP contribution is -2.53. The highest BCUT2D eigenvalue weighted by atomic mass is 32.2. The topological polar surface area (TPSA) is 101 Å². The molecular formula is C19H23N3O3S. The van der Waals surface area contributed by atoms with Gasteiger partial charge in [-0.15, -0.1) is 0 Å². The first-order valence-corrected chi connectivity index (χ1v) is 10.0. The minimum atomic E-state index is -3.65. The lowest BCUT2D eigenvalue weighted by molar-refractivity contribution is 0.0898. The number of carbonyl (C=O) groups is 1. The van der Waals surface area contributed by atoms with Crippen LogP contribution in [0.25, 0.3) is 0 Å². The Hall–Kier alpha value is -2.38. The number of hydrogen-bond acceptors (Lipinski definition) is 4. The Morgan fingerprint density at radius 3 is 2.27 bits per heavy atom. The van der Waals surface area contributed by atoms with Gasteiger partial charge in [0.25, 0.3) is 15.9 Å². The fourth-order valence-electron chi connectivity index (χ4n) is 2.88. The molecule has 3 rings (SSSR count). The SMILES string of the molecule is CC(CN)(NC(=O)c1ccc(NS(=O)(=O)c2ccccc2)cc1)C1CC1. The fourth-order valence-corrected chi connectivity index (χ4v) is 3.95. The smallest absolute Gasteiger partial charge is 0.261 e. The molecule has 0 radical (unpaired) electrons. The van der Waals surface area contributed by atoms with E-state index in [9.17, 15) is 13.2 Å². The minimum absolute atomic E-state index is 0.185. The van der Waals surface area contributed by atoms with Crippen LogP contribution in [0.4, 0.5) is 5.69 Å². The summed E-state index contributed by atoms with van der Waals surface area (Å²) in [7, 11) is -3.65. The van der Waals surface area contributed by atoms with Crippen LogP contribution < -0.4 is 15.8 Å². The summed E-state index contributed by atoms with van der Waals surface area (Å²) < 4.78 is 27.2. The average Bonchev–Trinajstić information content (AvgIpc) is 3.48. The van der Waals surface area contributed by atoms with Gasteiger partial charge in [-0.05, 0) is 62.1 Å². The molecule has 26 heavy (non-hydrogen) atoms. The predicted molar refractivity (Wildman–Crippen MR) is 101 cm³/mol. The molecular weight excluding hydrogens is 350 g/mol. The third kappa shape index (κ3) is 4.05. The lowest BCUT2D eigenvalue weighted by atomic mass is 9.95. The highest BCUT2D eigenvalue weighted by Crippen LogP contribution is 2.39. The molecule has 0 saturated heterocycles. The maximum Gasteiger partial charge on any atom is 0.261 e. The van der Waals surface area contributed by atoms with Gasteiger partial charge >= 0.3 is 0 Å². The Bertz CT molecular complexity index is 878. The third-order valence-corrected chi connectivity index (χ3v) is 6.15. The second-order valence-electron chi connectivity index (χ2n) is 6.85. The number of sulfonamides is 1. The zero-order chi connectivity index (χ0) is 18.8. The molecule has 0 aliphatic heterocycles. The van der Waals surface area contributed by atoms with E-state index in [-0.39, 0.29) is 10.8 Å². The van der Waals surface area contributed by atoms with Gasteiger partial charge in [0.05, 0.1) is 10.4 Å². The molecule has 1 atom stereocenters. The van der Waals surface area contributed by atoms with Crippen molar-refractivity contribution in [2.24, 2.45) is 11.7 Å². The van der Waals surface area contributed by atoms with Gasteiger partial charge in [-0.1, -0.05) is 18.2 Å². The van der Waals surface area contributed by atoms with Crippen LogP contribution in [0.5, 0.6) is 0 Å². The van der Waals surface area contributed by atoms with Gasteiger partial charge < -0.3 is 11.1 Å². The van der Waals surface area contributed by atoms with Crippen molar-refractivity contribution in [1.29, 1.82) is 0 Å². The van der Waals surface area contributed by atoms with Crippen LogP contribution in [0.1, 0.15) is 30.1 Å². The van der Waals surface area contributed by atoms with E-state index in [2.05, 4.69) is 10.0 Å². The summed E-state index contributed by atoms with van der Waals surface area (Å²) in [4.78, 5) is 12.6. The second-order valence-corrected chi connectivity index (χ2v) is 8.53. The zero-order valence-corrected chi connectivity index (χ0v) is 15.4. The fraction of sp³-hybridized carbons (Fsp3) is 0.316. The normalized spacial score (nSPS) is 16.5. The summed E-state index contributed by atoms with van der Waals surface area (Å²) in [6.45, 7) is 2.35. The van der Waals surface area contributed by atoms with Crippen molar-refractivity contribution in [3.63, 3.8) is 0 Å². The molecule has 0 heterocycles. The van der Waals surface area contributed by atoms with Gasteiger partial charge in [-0.2, -0.15) is 0 Å². The van der Waals surface area contributed by atoms with Crippen molar-refractivity contribution < 1.29 is 13.2 Å². The highest BCUT2D eigenvalue weighted by molar-refractivity contribution is 7.92. The van der Waals surface area contributed by atoms with Crippen LogP contribution in [0.2, 0.25) is 0 Å². The molecule has 2 aromatic rings. The highest BCUT2D eigenvalue weighted by Gasteiger charge is 2.41. The van der Waals surface area contributed by atoms with Gasteiger partial charge in [-0.3, -0.25) is 9.52 Å². The van der Waals surface area contributed by atoms with E-state index in [4.69, 9.17) is 5.73 Å². The van der Waals surface area contributed by atoms with E-state index in [0.29, 0.717) is 23.7 Å². The van der Waals surface area contributed by atoms with E-state index in [1.165, 1.54) is 12.1 Å². The number of benzene rings is 2. The van der Waals surface area contributed by atoms with Gasteiger partial charge in [0, 0.05) is 17.8 Å². The Labute approximate surface area is 153 Å². The number of anilines is 1. The number of hydrogen-bond donors (Lipinski definition) is 3. The molecule has 0 bridgehead atoms. The van der Waals surface area contributed by atoms with Crippen molar-refractivity contribution in [2.45, 2.75) is 30.2 Å². The lowest BCUT2D eigenvalue weighted by Gasteiger charge is -2.29. The quantitative estimate of drug-likeness (QED) is 0.693. The van der Waals surface area contributed by atoms with Crippen LogP contribution >= 0.6 is 0 Å². The third-order valence-electron chi connectivity index (χ3n) is 4.75. The molecule has 138 valence electrons. The number of carbonyl (C=O) groups excluding carboxylic acids is 1. The molecule has 1 aliphatic carbocycles. The standard InChI is InChI=1S/C19H23N3O3S/c1-19(13-20,15-9-10-15)21-18(23)14-7-11-16(12-8-14)22-26(24,25)17-5-3-2-4-6-17/h2-8,11-12,15,22H,9-10,13,20H2,1H3,(H,21,23). The summed E-state index contributed by atoms with van der Waals surface area (Å²) in [5, 5.41) is 3.01. The monoisotopic (exact) mass is 373 g/mol. The first kappa shape index (κ1) is 18.4. The van der Waals surface area contributed by atoms with Crippen LogP contribution in [-0.4, -0.2) is 26.4 Å². The van der Waals surface area contributed by atoms with Crippen LogP contribution in [-0.2, 0) is 10.0 Å². The molecule has 0 aromatic heterocycles. The molecule has 1 unspecified atom stereocenters. The summed E-state index contributed by atoms with van der Waals surface area (Å²) >= 11 is 0. The molecule has 1 saturated carbocycles. The summed E-state index contributed by atoms with van der Waals surface area (Å²) in [5.41, 5.74) is 6.30. The molecule has 0 spiro atoms. The predicted octanol–water partition coefficient (Wildman–Crippen LogP) is 2.34. The minimum Gasteiger partial charge on any atom is -0.345 e. The van der Waals surface area contributed by atoms with Gasteiger partial charge in [0.2, 0.25) is 0 Å². The van der Waals surface area contributed by atoms with E-state index >= 15 is 0 Å². The van der Waals surface area contributed by atoms with Gasteiger partial charge in [-0.25, -0.2) is 8.42 Å². The summed E-state index contributed by atoms with van der Waals surface area (Å²) in [6, 6.07) is 14.5. The first-order valence-electron chi connectivity index (χ1n) is 8.54. The van der Waals surface area contributed by atoms with Crippen LogP contribution in [0.3, 0.4) is 0 Å². The molecule has 1 fully saturated rings. The molecule has 1 aliphatic rings. The molecule has 2 aromatic carbocycles. The van der Waals surface area contributed by atoms with Gasteiger partial charge in [0.1, 0.15) is 0 Å². The Morgan fingerprint density at radius 1 is 1.12 bits per heavy atom. The molecule has 4 N–H and O–H groups in total. The van der Waals surface area contributed by atoms with Crippen molar-refractivity contribution in [2.75, 3.05) is 11.3 Å². The van der Waals surface area contributed by atoms with Crippen molar-refractivity contribution in [1.82, 2.24) is 5.32 Å². The first-order chi connectivity index (χ1) is 12.3. The molecule has 1 amide bonds. The molecule has 6 nitrogen and oxygen atoms in total. The number of amides is 1. The van der Waals surface area contributed by atoms with Crippen LogP contribution in [0.15, 0.2) is 59.5 Å². The largest absolute Gasteiger partial charge is 0.345 e. The Morgan fingerprint density at radius 2 is 1.73 bits per heavy atom. The van der Waals surface area contributed by atoms with Crippen molar-refractivity contribution >= 4 is 21.6 Å². The molecule has 7 heteroatoms. The van der Waals surface area contributed by atoms with Crippen molar-refractivity contribution in [3.05, 3.63) is 60.2 Å². The van der Waals surface area contributed by atoms with E-state index in [1.54, 1.807) is 42.5 Å². The maximum absolute atomic E-state index is 12.5. The van der Waals surface area contributed by atoms with E-state index < -0.39 is 15.6 Å². The Kier molecular flexibility index (Phi) is 5.02. The number of rotatable bonds is 7. The van der Waals surface area contributed by atoms with Crippen LogP contribution in [0, 0.1) is 5.92 Å². The second kappa shape index (κ2) is 7.09. The Balaban J connectivity index is 1.69. The zero-order valence-electron chi connectivity index (χ0n) is 14.6.